The molecule has 16 heavy (non-hydrogen) atoms. The minimum Gasteiger partial charge on any atom is -0.271 e. The molecule has 1 aromatic carbocycles. The van der Waals surface area contributed by atoms with Gasteiger partial charge in [0.05, 0.1) is 5.56 Å². The minimum atomic E-state index is -4.48. The van der Waals surface area contributed by atoms with Crippen LogP contribution in [0.5, 0.6) is 0 Å². The maximum Gasteiger partial charge on any atom is 0.416 e. The van der Waals surface area contributed by atoms with Gasteiger partial charge in [-0.05, 0) is 24.6 Å². The molecule has 0 bridgehead atoms. The second kappa shape index (κ2) is 4.80. The smallest absolute Gasteiger partial charge is 0.271 e. The van der Waals surface area contributed by atoms with Crippen molar-refractivity contribution in [1.29, 1.82) is 0 Å². The number of hydrazine groups is 1. The van der Waals surface area contributed by atoms with Crippen LogP contribution in [-0.4, -0.2) is 0 Å². The first-order valence-corrected chi connectivity index (χ1v) is 4.73. The third-order valence-corrected chi connectivity index (χ3v) is 2.31. The van der Waals surface area contributed by atoms with E-state index in [1.54, 1.807) is 6.92 Å². The van der Waals surface area contributed by atoms with Crippen molar-refractivity contribution in [2.75, 3.05) is 0 Å². The molecule has 0 spiro atoms. The van der Waals surface area contributed by atoms with Gasteiger partial charge in [-0.3, -0.25) is 11.3 Å². The Labute approximate surface area is 90.4 Å². The predicted octanol–water partition coefficient (Wildman–Crippen LogP) is 2.76. The molecule has 0 radical (unpaired) electrons. The van der Waals surface area contributed by atoms with Crippen molar-refractivity contribution >= 4 is 0 Å². The molecule has 0 unspecified atom stereocenters. The largest absolute Gasteiger partial charge is 0.416 e. The van der Waals surface area contributed by atoms with Gasteiger partial charge in [-0.1, -0.05) is 6.92 Å². The van der Waals surface area contributed by atoms with Crippen molar-refractivity contribution in [2.24, 2.45) is 5.84 Å². The van der Waals surface area contributed by atoms with Crippen LogP contribution < -0.4 is 11.3 Å². The van der Waals surface area contributed by atoms with Gasteiger partial charge in [-0.2, -0.15) is 13.2 Å². The number of alkyl halides is 3. The van der Waals surface area contributed by atoms with Crippen LogP contribution in [0.25, 0.3) is 0 Å². The molecule has 3 N–H and O–H groups in total. The molecule has 0 heterocycles. The molecule has 2 nitrogen and oxygen atoms in total. The number of hydrogen-bond acceptors (Lipinski definition) is 2. The summed E-state index contributed by atoms with van der Waals surface area (Å²) in [6.45, 7) is 1.70. The molecular weight excluding hydrogens is 224 g/mol. The first-order chi connectivity index (χ1) is 7.40. The van der Waals surface area contributed by atoms with Gasteiger partial charge in [-0.25, -0.2) is 4.39 Å². The highest BCUT2D eigenvalue weighted by molar-refractivity contribution is 5.29. The quantitative estimate of drug-likeness (QED) is 0.481. The van der Waals surface area contributed by atoms with Crippen LogP contribution in [0, 0.1) is 5.82 Å². The summed E-state index contributed by atoms with van der Waals surface area (Å²) in [5.74, 6) is 4.45. The summed E-state index contributed by atoms with van der Waals surface area (Å²) in [4.78, 5) is 0. The summed E-state index contributed by atoms with van der Waals surface area (Å²) in [7, 11) is 0. The fourth-order valence-electron chi connectivity index (χ4n) is 1.41. The van der Waals surface area contributed by atoms with Crippen LogP contribution in [0.4, 0.5) is 17.6 Å². The SMILES string of the molecule is CC[C@H](NN)c1cc(C(F)(F)F)ccc1F. The number of halogens is 4. The second-order valence-electron chi connectivity index (χ2n) is 3.36. The zero-order valence-electron chi connectivity index (χ0n) is 8.61. The van der Waals surface area contributed by atoms with Crippen molar-refractivity contribution in [3.8, 4) is 0 Å². The van der Waals surface area contributed by atoms with Crippen molar-refractivity contribution in [3.63, 3.8) is 0 Å². The fourth-order valence-corrected chi connectivity index (χ4v) is 1.41. The van der Waals surface area contributed by atoms with Crippen molar-refractivity contribution in [1.82, 2.24) is 5.43 Å². The molecule has 1 aromatic rings. The Morgan fingerprint density at radius 1 is 1.38 bits per heavy atom. The normalized spacial score (nSPS) is 13.9. The van der Waals surface area contributed by atoms with Crippen LogP contribution in [0.15, 0.2) is 18.2 Å². The zero-order chi connectivity index (χ0) is 12.3. The lowest BCUT2D eigenvalue weighted by Gasteiger charge is -2.16. The molecule has 90 valence electrons. The topological polar surface area (TPSA) is 38.0 Å². The van der Waals surface area contributed by atoms with E-state index >= 15 is 0 Å². The molecule has 0 aliphatic heterocycles. The number of rotatable bonds is 3. The molecule has 1 atom stereocenters. The van der Waals surface area contributed by atoms with Crippen LogP contribution in [0.2, 0.25) is 0 Å². The Morgan fingerprint density at radius 3 is 2.44 bits per heavy atom. The van der Waals surface area contributed by atoms with E-state index in [-0.39, 0.29) is 5.56 Å². The van der Waals surface area contributed by atoms with Crippen LogP contribution in [0.1, 0.15) is 30.5 Å². The van der Waals surface area contributed by atoms with Crippen LogP contribution in [0.3, 0.4) is 0 Å². The Bertz CT molecular complexity index is 358. The summed E-state index contributed by atoms with van der Waals surface area (Å²) in [5, 5.41) is 0. The molecule has 0 amide bonds. The monoisotopic (exact) mass is 236 g/mol. The first-order valence-electron chi connectivity index (χ1n) is 4.73. The molecule has 6 heteroatoms. The molecule has 0 aliphatic carbocycles. The van der Waals surface area contributed by atoms with E-state index in [1.165, 1.54) is 0 Å². The Kier molecular flexibility index (Phi) is 3.88. The Morgan fingerprint density at radius 2 is 2.00 bits per heavy atom. The maximum atomic E-state index is 13.3. The fraction of sp³-hybridized carbons (Fsp3) is 0.400. The standard InChI is InChI=1S/C10H12F4N2/c1-2-9(16-15)7-5-6(10(12,13)14)3-4-8(7)11/h3-5,9,16H,2,15H2,1H3/t9-/m0/s1. The third kappa shape index (κ3) is 2.70. The second-order valence-corrected chi connectivity index (χ2v) is 3.36. The van der Waals surface area contributed by atoms with E-state index in [0.29, 0.717) is 12.5 Å². The van der Waals surface area contributed by atoms with Gasteiger partial charge in [0.15, 0.2) is 0 Å². The molecule has 1 rings (SSSR count). The van der Waals surface area contributed by atoms with Crippen LogP contribution in [-0.2, 0) is 6.18 Å². The van der Waals surface area contributed by atoms with Gasteiger partial charge in [0.2, 0.25) is 0 Å². The van der Waals surface area contributed by atoms with Gasteiger partial charge in [0.1, 0.15) is 5.82 Å². The predicted molar refractivity (Wildman–Crippen MR) is 51.8 cm³/mol. The lowest BCUT2D eigenvalue weighted by atomic mass is 10.0. The number of hydrogen-bond donors (Lipinski definition) is 2. The van der Waals surface area contributed by atoms with Crippen LogP contribution >= 0.6 is 0 Å². The van der Waals surface area contributed by atoms with E-state index in [0.717, 1.165) is 12.1 Å². The number of nitrogens with two attached hydrogens (primary N) is 1. The summed E-state index contributed by atoms with van der Waals surface area (Å²) >= 11 is 0. The number of benzene rings is 1. The highest BCUT2D eigenvalue weighted by Crippen LogP contribution is 2.32. The van der Waals surface area contributed by atoms with Crippen molar-refractivity contribution in [2.45, 2.75) is 25.6 Å². The summed E-state index contributed by atoms with van der Waals surface area (Å²) < 4.78 is 50.5. The Balaban J connectivity index is 3.18. The molecule has 0 aromatic heterocycles. The molecule has 0 fully saturated rings. The lowest BCUT2D eigenvalue weighted by Crippen LogP contribution is -2.28. The first kappa shape index (κ1) is 12.9. The van der Waals surface area contributed by atoms with Gasteiger partial charge in [0, 0.05) is 11.6 Å². The number of nitrogens with one attached hydrogen (secondary N) is 1. The van der Waals surface area contributed by atoms with E-state index in [4.69, 9.17) is 5.84 Å². The highest BCUT2D eigenvalue weighted by atomic mass is 19.4. The third-order valence-electron chi connectivity index (χ3n) is 2.31. The average molecular weight is 236 g/mol. The molecule has 0 saturated heterocycles. The minimum absolute atomic E-state index is 0.0696. The van der Waals surface area contributed by atoms with E-state index in [9.17, 15) is 17.6 Å². The van der Waals surface area contributed by atoms with Gasteiger partial charge in [0.25, 0.3) is 0 Å². The van der Waals surface area contributed by atoms with Gasteiger partial charge < -0.3 is 0 Å². The molecular formula is C10H12F4N2. The zero-order valence-corrected chi connectivity index (χ0v) is 8.61. The maximum absolute atomic E-state index is 13.3. The van der Waals surface area contributed by atoms with E-state index < -0.39 is 23.6 Å². The van der Waals surface area contributed by atoms with Crippen molar-refractivity contribution in [3.05, 3.63) is 35.1 Å². The lowest BCUT2D eigenvalue weighted by molar-refractivity contribution is -0.137. The highest BCUT2D eigenvalue weighted by Gasteiger charge is 2.31. The van der Waals surface area contributed by atoms with E-state index in [2.05, 4.69) is 5.43 Å². The Hall–Kier alpha value is -1.14. The summed E-state index contributed by atoms with van der Waals surface area (Å²) in [6, 6.07) is 1.67. The van der Waals surface area contributed by atoms with Crippen molar-refractivity contribution < 1.29 is 17.6 Å². The summed E-state index contributed by atoms with van der Waals surface area (Å²) in [5.41, 5.74) is 1.33. The molecule has 0 aliphatic rings. The molecule has 0 saturated carbocycles. The average Bonchev–Trinajstić information content (AvgIpc) is 2.20. The van der Waals surface area contributed by atoms with E-state index in [1.807, 2.05) is 0 Å². The summed E-state index contributed by atoms with van der Waals surface area (Å²) in [6.07, 6.45) is -4.08. The van der Waals surface area contributed by atoms with Gasteiger partial charge >= 0.3 is 6.18 Å². The van der Waals surface area contributed by atoms with Gasteiger partial charge in [-0.15, -0.1) is 0 Å².